The van der Waals surface area contributed by atoms with Gasteiger partial charge in [0, 0.05) is 12.6 Å². The molecular weight excluding hydrogens is 312 g/mol. The van der Waals surface area contributed by atoms with E-state index in [-0.39, 0.29) is 17.9 Å². The van der Waals surface area contributed by atoms with Crippen LogP contribution >= 0.6 is 22.9 Å². The highest BCUT2D eigenvalue weighted by molar-refractivity contribution is 7.91. The minimum atomic E-state index is -3.15. The van der Waals surface area contributed by atoms with E-state index >= 15 is 0 Å². The van der Waals surface area contributed by atoms with Crippen LogP contribution in [0.25, 0.3) is 0 Å². The van der Waals surface area contributed by atoms with Crippen LogP contribution in [0, 0.1) is 0 Å². The van der Waals surface area contributed by atoms with Gasteiger partial charge in [0.15, 0.2) is 9.84 Å². The number of rotatable bonds is 4. The minimum Gasteiger partial charge on any atom is -0.481 e. The number of carboxylic acid groups (broad SMARTS) is 1. The summed E-state index contributed by atoms with van der Waals surface area (Å²) in [5.41, 5.74) is 0. The van der Waals surface area contributed by atoms with Gasteiger partial charge < -0.3 is 5.11 Å². The Bertz CT molecular complexity index is 572. The van der Waals surface area contributed by atoms with Crippen LogP contribution in [0.15, 0.2) is 6.20 Å². The molecule has 6 nitrogen and oxygen atoms in total. The van der Waals surface area contributed by atoms with Gasteiger partial charge in [-0.2, -0.15) is 0 Å². The molecule has 0 saturated carbocycles. The highest BCUT2D eigenvalue weighted by Crippen LogP contribution is 2.23. The highest BCUT2D eigenvalue weighted by atomic mass is 35.5. The Balaban J connectivity index is 2.10. The van der Waals surface area contributed by atoms with Crippen molar-refractivity contribution in [1.82, 2.24) is 9.88 Å². The zero-order chi connectivity index (χ0) is 14.0. The molecule has 1 aromatic rings. The van der Waals surface area contributed by atoms with Crippen molar-refractivity contribution in [3.8, 4) is 0 Å². The fraction of sp³-hybridized carbons (Fsp3) is 0.600. The van der Waals surface area contributed by atoms with Gasteiger partial charge in [-0.3, -0.25) is 9.69 Å². The molecule has 1 aromatic heterocycles. The first kappa shape index (κ1) is 14.7. The number of carboxylic acids is 1. The molecular formula is C10H13ClN2O4S2. The Morgan fingerprint density at radius 3 is 2.95 bits per heavy atom. The third-order valence-electron chi connectivity index (χ3n) is 2.93. The number of aromatic nitrogens is 1. The lowest BCUT2D eigenvalue weighted by molar-refractivity contribution is -0.138. The molecule has 2 rings (SSSR count). The molecule has 1 saturated heterocycles. The molecule has 0 bridgehead atoms. The summed E-state index contributed by atoms with van der Waals surface area (Å²) in [6, 6.07) is -0.501. The molecule has 1 unspecified atom stereocenters. The number of carbonyl (C=O) groups is 1. The summed E-state index contributed by atoms with van der Waals surface area (Å²) in [6.45, 7) is 0.766. The van der Waals surface area contributed by atoms with Crippen LogP contribution in [0.1, 0.15) is 11.4 Å². The summed E-state index contributed by atoms with van der Waals surface area (Å²) in [7, 11) is -3.15. The maximum Gasteiger partial charge on any atom is 0.304 e. The Labute approximate surface area is 119 Å². The lowest BCUT2D eigenvalue weighted by atomic mass is 10.2. The van der Waals surface area contributed by atoms with Crippen molar-refractivity contribution in [3.05, 3.63) is 15.5 Å². The quantitative estimate of drug-likeness (QED) is 0.884. The van der Waals surface area contributed by atoms with E-state index in [1.165, 1.54) is 17.5 Å². The van der Waals surface area contributed by atoms with Crippen LogP contribution < -0.4 is 0 Å². The largest absolute Gasteiger partial charge is 0.481 e. The molecule has 9 heteroatoms. The zero-order valence-electron chi connectivity index (χ0n) is 9.95. The van der Waals surface area contributed by atoms with Crippen LogP contribution in [0.3, 0.4) is 0 Å². The van der Waals surface area contributed by atoms with E-state index in [9.17, 15) is 13.2 Å². The smallest absolute Gasteiger partial charge is 0.304 e. The second kappa shape index (κ2) is 5.74. The van der Waals surface area contributed by atoms with E-state index in [0.717, 1.165) is 5.01 Å². The molecule has 19 heavy (non-hydrogen) atoms. The number of hydrogen-bond acceptors (Lipinski definition) is 6. The van der Waals surface area contributed by atoms with Gasteiger partial charge in [-0.25, -0.2) is 13.4 Å². The summed E-state index contributed by atoms with van der Waals surface area (Å²) in [5.74, 6) is -1.05. The lowest BCUT2D eigenvalue weighted by Gasteiger charge is -2.33. The first-order valence-corrected chi connectivity index (χ1v) is 8.64. The Morgan fingerprint density at radius 1 is 1.63 bits per heavy atom. The highest BCUT2D eigenvalue weighted by Gasteiger charge is 2.32. The number of aliphatic carboxylic acids is 1. The average Bonchev–Trinajstić information content (AvgIpc) is 2.67. The zero-order valence-corrected chi connectivity index (χ0v) is 12.3. The summed E-state index contributed by atoms with van der Waals surface area (Å²) in [5, 5.41) is 9.63. The number of nitrogens with zero attached hydrogens (tertiary/aromatic N) is 2. The van der Waals surface area contributed by atoms with Gasteiger partial charge in [0.2, 0.25) is 0 Å². The standard InChI is InChI=1S/C10H13ClN2O4S2/c11-8-4-12-9(18-8)5-13-1-2-19(16,17)6-7(13)3-10(14)15/h4,7H,1-3,5-6H2,(H,14,15). The fourth-order valence-corrected chi connectivity index (χ4v) is 4.63. The normalized spacial score (nSPS) is 23.3. The van der Waals surface area contributed by atoms with Crippen molar-refractivity contribution >= 4 is 38.7 Å². The molecule has 0 aliphatic carbocycles. The van der Waals surface area contributed by atoms with Gasteiger partial charge in [0.05, 0.1) is 30.7 Å². The SMILES string of the molecule is O=C(O)CC1CS(=O)(=O)CCN1Cc1ncc(Cl)s1. The predicted molar refractivity (Wildman–Crippen MR) is 72.2 cm³/mol. The van der Waals surface area contributed by atoms with Crippen molar-refractivity contribution in [2.75, 3.05) is 18.1 Å². The first-order valence-electron chi connectivity index (χ1n) is 5.62. The lowest BCUT2D eigenvalue weighted by Crippen LogP contribution is -2.48. The molecule has 0 radical (unpaired) electrons. The third-order valence-corrected chi connectivity index (χ3v) is 5.72. The molecule has 1 atom stereocenters. The van der Waals surface area contributed by atoms with Crippen molar-refractivity contribution in [1.29, 1.82) is 0 Å². The van der Waals surface area contributed by atoms with E-state index in [2.05, 4.69) is 4.98 Å². The first-order chi connectivity index (χ1) is 8.85. The fourth-order valence-electron chi connectivity index (χ4n) is 2.05. The number of hydrogen-bond donors (Lipinski definition) is 1. The Hall–Kier alpha value is -0.700. The maximum atomic E-state index is 11.6. The molecule has 1 N–H and O–H groups in total. The van der Waals surface area contributed by atoms with E-state index < -0.39 is 21.8 Å². The number of thiazole rings is 1. The molecule has 106 valence electrons. The number of sulfone groups is 1. The Kier molecular flexibility index (Phi) is 4.44. The average molecular weight is 325 g/mol. The molecule has 0 amide bonds. The van der Waals surface area contributed by atoms with Crippen LogP contribution in [-0.2, 0) is 21.2 Å². The van der Waals surface area contributed by atoms with Crippen LogP contribution in [-0.4, -0.2) is 53.5 Å². The van der Waals surface area contributed by atoms with Gasteiger partial charge in [0.25, 0.3) is 0 Å². The third kappa shape index (κ3) is 4.13. The van der Waals surface area contributed by atoms with Crippen LogP contribution in [0.2, 0.25) is 4.34 Å². The van der Waals surface area contributed by atoms with Crippen molar-refractivity contribution < 1.29 is 18.3 Å². The summed E-state index contributed by atoms with van der Waals surface area (Å²) < 4.78 is 23.7. The second-order valence-corrected chi connectivity index (χ2v) is 8.37. The van der Waals surface area contributed by atoms with E-state index in [1.54, 1.807) is 0 Å². The molecule has 2 heterocycles. The minimum absolute atomic E-state index is 0.0578. The Morgan fingerprint density at radius 2 is 2.37 bits per heavy atom. The van der Waals surface area contributed by atoms with Crippen LogP contribution in [0.4, 0.5) is 0 Å². The van der Waals surface area contributed by atoms with Gasteiger partial charge >= 0.3 is 5.97 Å². The van der Waals surface area contributed by atoms with Crippen molar-refractivity contribution in [2.24, 2.45) is 0 Å². The monoisotopic (exact) mass is 324 g/mol. The topological polar surface area (TPSA) is 87.6 Å². The molecule has 1 aliphatic rings. The van der Waals surface area contributed by atoms with E-state index in [0.29, 0.717) is 17.4 Å². The van der Waals surface area contributed by atoms with Gasteiger partial charge in [-0.05, 0) is 0 Å². The van der Waals surface area contributed by atoms with Crippen molar-refractivity contribution in [2.45, 2.75) is 19.0 Å². The maximum absolute atomic E-state index is 11.6. The van der Waals surface area contributed by atoms with Crippen LogP contribution in [0.5, 0.6) is 0 Å². The molecule has 1 fully saturated rings. The van der Waals surface area contributed by atoms with Gasteiger partial charge in [-0.1, -0.05) is 11.6 Å². The number of halogens is 1. The van der Waals surface area contributed by atoms with E-state index in [1.807, 2.05) is 4.90 Å². The summed E-state index contributed by atoms with van der Waals surface area (Å²) in [4.78, 5) is 16.8. The van der Waals surface area contributed by atoms with E-state index in [4.69, 9.17) is 16.7 Å². The predicted octanol–water partition coefficient (Wildman–Crippen LogP) is 0.870. The van der Waals surface area contributed by atoms with Gasteiger partial charge in [0.1, 0.15) is 9.34 Å². The summed E-state index contributed by atoms with van der Waals surface area (Å²) in [6.07, 6.45) is 1.35. The van der Waals surface area contributed by atoms with Crippen molar-refractivity contribution in [3.63, 3.8) is 0 Å². The molecule has 0 aromatic carbocycles. The second-order valence-electron chi connectivity index (χ2n) is 4.39. The summed E-state index contributed by atoms with van der Waals surface area (Å²) >= 11 is 7.11. The molecule has 1 aliphatic heterocycles. The van der Waals surface area contributed by atoms with Gasteiger partial charge in [-0.15, -0.1) is 11.3 Å². The molecule has 0 spiro atoms.